The molecule has 0 unspecified atom stereocenters. The molecule has 3 aromatic heterocycles. The molecule has 4 aromatic rings. The number of aromatic nitrogens is 4. The van der Waals surface area contributed by atoms with Gasteiger partial charge < -0.3 is 16.4 Å². The molecule has 0 saturated heterocycles. The third kappa shape index (κ3) is 3.20. The van der Waals surface area contributed by atoms with E-state index in [1.54, 1.807) is 55.7 Å². The van der Waals surface area contributed by atoms with E-state index in [4.69, 9.17) is 11.0 Å². The van der Waals surface area contributed by atoms with Crippen LogP contribution in [0.3, 0.4) is 0 Å². The minimum Gasteiger partial charge on any atom is -0.385 e. The van der Waals surface area contributed by atoms with Gasteiger partial charge in [-0.2, -0.15) is 5.26 Å². The maximum Gasteiger partial charge on any atom is 0.278 e. The molecule has 1 aromatic carbocycles. The first-order valence-electron chi connectivity index (χ1n) is 8.87. The summed E-state index contributed by atoms with van der Waals surface area (Å²) in [4.78, 5) is 28.8. The number of carbonyl (C=O) groups excluding carboxylic acids is 1. The molecule has 4 N–H and O–H groups in total. The van der Waals surface area contributed by atoms with Crippen LogP contribution in [0.25, 0.3) is 11.3 Å². The van der Waals surface area contributed by atoms with Crippen LogP contribution in [0.1, 0.15) is 16.1 Å². The Morgan fingerprint density at radius 1 is 1.20 bits per heavy atom. The number of imidazole rings is 1. The van der Waals surface area contributed by atoms with Crippen molar-refractivity contribution in [1.29, 1.82) is 5.26 Å². The van der Waals surface area contributed by atoms with Crippen LogP contribution in [-0.4, -0.2) is 32.1 Å². The molecule has 3 heterocycles. The maximum absolute atomic E-state index is 13.0. The lowest BCUT2D eigenvalue weighted by molar-refractivity contribution is 0.0993. The van der Waals surface area contributed by atoms with Gasteiger partial charge in [-0.15, -0.1) is 5.10 Å². The van der Waals surface area contributed by atoms with Crippen molar-refractivity contribution < 1.29 is 4.79 Å². The first-order chi connectivity index (χ1) is 14.5. The summed E-state index contributed by atoms with van der Waals surface area (Å²) in [6.07, 6.45) is 2.97. The molecular formula is C20H16N8O2. The Balaban J connectivity index is 1.77. The first kappa shape index (κ1) is 18.7. The van der Waals surface area contributed by atoms with Gasteiger partial charge in [0.15, 0.2) is 11.5 Å². The highest BCUT2D eigenvalue weighted by molar-refractivity contribution is 5.92. The topological polar surface area (TPSA) is 143 Å². The molecular weight excluding hydrogens is 384 g/mol. The largest absolute Gasteiger partial charge is 0.385 e. The Hall–Kier alpha value is -4.65. The number of anilines is 3. The summed E-state index contributed by atoms with van der Waals surface area (Å²) in [5.41, 5.74) is 7.63. The molecule has 4 rings (SSSR count). The van der Waals surface area contributed by atoms with E-state index in [0.717, 1.165) is 0 Å². The van der Waals surface area contributed by atoms with Gasteiger partial charge in [-0.1, -0.05) is 0 Å². The van der Waals surface area contributed by atoms with E-state index in [9.17, 15) is 9.59 Å². The van der Waals surface area contributed by atoms with Crippen LogP contribution in [0.2, 0.25) is 0 Å². The van der Waals surface area contributed by atoms with E-state index >= 15 is 0 Å². The number of hydrogen-bond donors (Lipinski definition) is 3. The van der Waals surface area contributed by atoms with Crippen molar-refractivity contribution in [1.82, 2.24) is 19.2 Å². The number of pyridine rings is 1. The van der Waals surface area contributed by atoms with Gasteiger partial charge in [0.05, 0.1) is 23.5 Å². The third-order valence-corrected chi connectivity index (χ3v) is 4.47. The normalized spacial score (nSPS) is 10.5. The van der Waals surface area contributed by atoms with Gasteiger partial charge in [0, 0.05) is 25.0 Å². The van der Waals surface area contributed by atoms with Gasteiger partial charge in [0.1, 0.15) is 11.4 Å². The molecule has 0 bridgehead atoms. The van der Waals surface area contributed by atoms with E-state index in [1.807, 2.05) is 6.07 Å². The van der Waals surface area contributed by atoms with Crippen molar-refractivity contribution >= 4 is 28.7 Å². The minimum atomic E-state index is -0.669. The lowest BCUT2D eigenvalue weighted by Crippen LogP contribution is -2.21. The van der Waals surface area contributed by atoms with Crippen LogP contribution < -0.4 is 21.9 Å². The number of amides is 1. The number of hydrogen-bond acceptors (Lipinski definition) is 7. The number of benzene rings is 1. The molecule has 0 radical (unpaired) electrons. The van der Waals surface area contributed by atoms with Crippen LogP contribution in [0.15, 0.2) is 59.7 Å². The number of nitrogens with two attached hydrogens (primary N) is 1. The maximum atomic E-state index is 13.0. The Morgan fingerprint density at radius 2 is 1.97 bits per heavy atom. The smallest absolute Gasteiger partial charge is 0.278 e. The van der Waals surface area contributed by atoms with Crippen LogP contribution in [-0.2, 0) is 0 Å². The fourth-order valence-corrected chi connectivity index (χ4v) is 3.01. The molecule has 0 aliphatic rings. The lowest BCUT2D eigenvalue weighted by Gasteiger charge is -2.11. The van der Waals surface area contributed by atoms with Crippen molar-refractivity contribution in [3.05, 3.63) is 76.5 Å². The predicted octanol–water partition coefficient (Wildman–Crippen LogP) is 1.64. The molecule has 10 heteroatoms. The Bertz CT molecular complexity index is 1360. The number of nitrogens with one attached hydrogen (secondary N) is 2. The summed E-state index contributed by atoms with van der Waals surface area (Å²) in [5, 5.41) is 19.3. The highest BCUT2D eigenvalue weighted by Crippen LogP contribution is 2.21. The van der Waals surface area contributed by atoms with Gasteiger partial charge in [-0.25, -0.2) is 9.50 Å². The SMILES string of the molecule is CNc1cc(Nc2cccn(-c3ccc(C#N)cc3)c2=O)nn2c(C(N)=O)cnc12. The summed E-state index contributed by atoms with van der Waals surface area (Å²) in [6, 6.07) is 13.7. The predicted molar refractivity (Wildman–Crippen MR) is 111 cm³/mol. The summed E-state index contributed by atoms with van der Waals surface area (Å²) >= 11 is 0. The molecule has 10 nitrogen and oxygen atoms in total. The van der Waals surface area contributed by atoms with E-state index in [1.165, 1.54) is 15.3 Å². The monoisotopic (exact) mass is 400 g/mol. The zero-order valence-electron chi connectivity index (χ0n) is 15.8. The second kappa shape index (κ2) is 7.40. The van der Waals surface area contributed by atoms with Crippen molar-refractivity contribution in [3.63, 3.8) is 0 Å². The fraction of sp³-hybridized carbons (Fsp3) is 0.0500. The zero-order valence-corrected chi connectivity index (χ0v) is 15.8. The quantitative estimate of drug-likeness (QED) is 0.462. The molecule has 1 amide bonds. The number of carbonyl (C=O) groups is 1. The molecule has 0 saturated carbocycles. The summed E-state index contributed by atoms with van der Waals surface area (Å²) in [5.74, 6) is -0.348. The van der Waals surface area contributed by atoms with E-state index < -0.39 is 5.91 Å². The molecule has 0 fully saturated rings. The second-order valence-corrected chi connectivity index (χ2v) is 6.32. The average Bonchev–Trinajstić information content (AvgIpc) is 3.19. The first-order valence-corrected chi connectivity index (χ1v) is 8.87. The minimum absolute atomic E-state index is 0.119. The van der Waals surface area contributed by atoms with Crippen LogP contribution >= 0.6 is 0 Å². The highest BCUT2D eigenvalue weighted by atomic mass is 16.1. The van der Waals surface area contributed by atoms with Crippen molar-refractivity contribution in [2.45, 2.75) is 0 Å². The number of nitriles is 1. The molecule has 30 heavy (non-hydrogen) atoms. The van der Waals surface area contributed by atoms with Gasteiger partial charge >= 0.3 is 0 Å². The van der Waals surface area contributed by atoms with Crippen molar-refractivity contribution in [2.75, 3.05) is 17.7 Å². The van der Waals surface area contributed by atoms with Gasteiger partial charge in [0.25, 0.3) is 11.5 Å². The van der Waals surface area contributed by atoms with E-state index in [-0.39, 0.29) is 16.9 Å². The van der Waals surface area contributed by atoms with Gasteiger partial charge in [-0.3, -0.25) is 14.2 Å². The summed E-state index contributed by atoms with van der Waals surface area (Å²) < 4.78 is 2.77. The average molecular weight is 400 g/mol. The van der Waals surface area contributed by atoms with Crippen LogP contribution in [0.5, 0.6) is 0 Å². The fourth-order valence-electron chi connectivity index (χ4n) is 3.01. The number of rotatable bonds is 5. The standard InChI is InChI=1S/C20H16N8O2/c1-23-15-9-17(26-28-16(18(22)29)11-24-19(15)28)25-14-3-2-8-27(20(14)30)13-6-4-12(10-21)5-7-13/h2-9,11,23H,1H3,(H2,22,29)(H,25,26). The molecule has 148 valence electrons. The molecule has 0 spiro atoms. The number of primary amides is 1. The Labute approximate surface area is 170 Å². The lowest BCUT2D eigenvalue weighted by atomic mass is 10.2. The zero-order chi connectivity index (χ0) is 21.3. The number of nitrogens with zero attached hydrogens (tertiary/aromatic N) is 5. The molecule has 0 atom stereocenters. The summed E-state index contributed by atoms with van der Waals surface area (Å²) in [6.45, 7) is 0. The van der Waals surface area contributed by atoms with Crippen molar-refractivity contribution in [2.24, 2.45) is 5.73 Å². The highest BCUT2D eigenvalue weighted by Gasteiger charge is 2.15. The Morgan fingerprint density at radius 3 is 2.63 bits per heavy atom. The van der Waals surface area contributed by atoms with E-state index in [0.29, 0.717) is 28.4 Å². The second-order valence-electron chi connectivity index (χ2n) is 6.32. The van der Waals surface area contributed by atoms with Gasteiger partial charge in [-0.05, 0) is 36.4 Å². The van der Waals surface area contributed by atoms with Crippen LogP contribution in [0.4, 0.5) is 17.2 Å². The number of fused-ring (bicyclic) bond motifs is 1. The Kier molecular flexibility index (Phi) is 4.61. The summed E-state index contributed by atoms with van der Waals surface area (Å²) in [7, 11) is 1.71. The van der Waals surface area contributed by atoms with Crippen LogP contribution in [0, 0.1) is 11.3 Å². The van der Waals surface area contributed by atoms with E-state index in [2.05, 4.69) is 20.7 Å². The molecule has 0 aliphatic carbocycles. The molecule has 0 aliphatic heterocycles. The van der Waals surface area contributed by atoms with Gasteiger partial charge in [0.2, 0.25) is 0 Å². The van der Waals surface area contributed by atoms with Crippen molar-refractivity contribution in [3.8, 4) is 11.8 Å². The third-order valence-electron chi connectivity index (χ3n) is 4.47.